The Bertz CT molecular complexity index is 540. The van der Waals surface area contributed by atoms with Crippen LogP contribution < -0.4 is 11.1 Å². The van der Waals surface area contributed by atoms with Gasteiger partial charge in [-0.05, 0) is 0 Å². The van der Waals surface area contributed by atoms with Crippen molar-refractivity contribution in [3.05, 3.63) is 0 Å². The Labute approximate surface area is 169 Å². The molecule has 158 valence electrons. The van der Waals surface area contributed by atoms with E-state index in [1.807, 2.05) is 13.8 Å². The molecule has 0 aromatic carbocycles. The molecule has 0 radical (unpaired) electrons. The SMILES string of the molecule is CC(C)[C@H](N)C(=O)[AsH][C@@H](C)C(=O)NC[C@H](O)CP(=O)(O)CC1CCCCC1. The van der Waals surface area contributed by atoms with Gasteiger partial charge in [-0.2, -0.15) is 0 Å². The summed E-state index contributed by atoms with van der Waals surface area (Å²) in [5.74, 6) is -0.00224. The first-order chi connectivity index (χ1) is 12.5. The molecule has 27 heavy (non-hydrogen) atoms. The number of carbonyl (C=O) groups is 2. The van der Waals surface area contributed by atoms with Crippen LogP contribution in [0.1, 0.15) is 52.9 Å². The minimum absolute atomic E-state index is 0.0412. The van der Waals surface area contributed by atoms with E-state index in [4.69, 9.17) is 5.73 Å². The van der Waals surface area contributed by atoms with Crippen LogP contribution in [0.3, 0.4) is 0 Å². The Morgan fingerprint density at radius 1 is 1.22 bits per heavy atom. The van der Waals surface area contributed by atoms with Crippen molar-refractivity contribution in [2.45, 2.75) is 69.7 Å². The van der Waals surface area contributed by atoms with Crippen molar-refractivity contribution < 1.29 is 24.2 Å². The number of carbonyl (C=O) groups excluding carboxylic acids is 2. The van der Waals surface area contributed by atoms with Gasteiger partial charge < -0.3 is 0 Å². The zero-order chi connectivity index (χ0) is 20.6. The molecule has 0 aromatic heterocycles. The first-order valence-electron chi connectivity index (χ1n) is 9.84. The molecule has 0 saturated heterocycles. The summed E-state index contributed by atoms with van der Waals surface area (Å²) in [5.41, 5.74) is 5.83. The van der Waals surface area contributed by atoms with E-state index in [-0.39, 0.29) is 41.2 Å². The molecule has 1 aliphatic rings. The van der Waals surface area contributed by atoms with Gasteiger partial charge in [-0.3, -0.25) is 0 Å². The van der Waals surface area contributed by atoms with E-state index >= 15 is 0 Å². The third-order valence-corrected chi connectivity index (χ3v) is 9.88. The van der Waals surface area contributed by atoms with Crippen LogP contribution in [0.5, 0.6) is 0 Å². The molecule has 1 rings (SSSR count). The number of amides is 1. The summed E-state index contributed by atoms with van der Waals surface area (Å²) in [6.07, 6.45) is 4.33. The summed E-state index contributed by atoms with van der Waals surface area (Å²) in [5, 5.41) is 12.7. The van der Waals surface area contributed by atoms with E-state index in [0.29, 0.717) is 0 Å². The molecular formula is C18H36AsN2O5P. The molecule has 0 heterocycles. The van der Waals surface area contributed by atoms with Crippen LogP contribution in [-0.4, -0.2) is 67.2 Å². The Morgan fingerprint density at radius 3 is 2.37 bits per heavy atom. The van der Waals surface area contributed by atoms with Crippen LogP contribution >= 0.6 is 7.37 Å². The average molecular weight is 466 g/mol. The molecule has 5 N–H and O–H groups in total. The molecule has 5 atom stereocenters. The third-order valence-electron chi connectivity index (χ3n) is 5.05. The van der Waals surface area contributed by atoms with Gasteiger partial charge in [0.1, 0.15) is 0 Å². The number of hydrogen-bond acceptors (Lipinski definition) is 5. The van der Waals surface area contributed by atoms with Crippen molar-refractivity contribution in [3.8, 4) is 0 Å². The van der Waals surface area contributed by atoms with Crippen molar-refractivity contribution in [1.29, 1.82) is 0 Å². The zero-order valence-electron chi connectivity index (χ0n) is 16.7. The second-order valence-corrected chi connectivity index (χ2v) is 14.0. The molecule has 0 spiro atoms. The Balaban J connectivity index is 2.36. The zero-order valence-corrected chi connectivity index (χ0v) is 19.7. The summed E-state index contributed by atoms with van der Waals surface area (Å²) >= 11 is -1.20. The third kappa shape index (κ3) is 9.71. The molecule has 7 nitrogen and oxygen atoms in total. The standard InChI is InChI=1S/C18H36AsN2O5P/c1-12(2)16(20)17(23)19-13(3)18(24)21-9-15(22)11-27(25,26)10-14-7-5-4-6-8-14/h12-16,19,22H,4-11,20H2,1-3H3,(H,21,24)(H,25,26)/t13-,15-,16-/m0/s1. The number of nitrogens with one attached hydrogen (secondary N) is 1. The number of nitrogens with two attached hydrogens (primary N) is 1. The topological polar surface area (TPSA) is 130 Å². The minimum atomic E-state index is -3.41. The van der Waals surface area contributed by atoms with Crippen molar-refractivity contribution in [3.63, 3.8) is 0 Å². The second kappa shape index (κ2) is 11.7. The Hall–Kier alpha value is -0.192. The normalized spacial score (nSPS) is 21.7. The van der Waals surface area contributed by atoms with Gasteiger partial charge in [0, 0.05) is 0 Å². The van der Waals surface area contributed by atoms with Crippen LogP contribution in [0, 0.1) is 11.8 Å². The first-order valence-corrected chi connectivity index (χ1v) is 14.1. The van der Waals surface area contributed by atoms with E-state index in [1.54, 1.807) is 6.92 Å². The molecule has 0 aliphatic heterocycles. The van der Waals surface area contributed by atoms with E-state index in [0.717, 1.165) is 25.7 Å². The summed E-state index contributed by atoms with van der Waals surface area (Å²) in [6, 6.07) is -0.536. The number of aliphatic hydroxyl groups is 1. The van der Waals surface area contributed by atoms with E-state index in [1.165, 1.54) is 6.42 Å². The monoisotopic (exact) mass is 466 g/mol. The molecule has 9 heteroatoms. The van der Waals surface area contributed by atoms with Crippen molar-refractivity contribution in [2.75, 3.05) is 18.9 Å². The van der Waals surface area contributed by atoms with E-state index in [9.17, 15) is 24.2 Å². The van der Waals surface area contributed by atoms with Crippen LogP contribution in [0.2, 0.25) is 4.71 Å². The molecule has 0 bridgehead atoms. The fraction of sp³-hybridized carbons (Fsp3) is 0.889. The van der Waals surface area contributed by atoms with Gasteiger partial charge in [0.15, 0.2) is 0 Å². The fourth-order valence-corrected chi connectivity index (χ4v) is 7.89. The summed E-state index contributed by atoms with van der Waals surface area (Å²) in [6.45, 7) is 5.36. The van der Waals surface area contributed by atoms with Crippen LogP contribution in [0.25, 0.3) is 0 Å². The van der Waals surface area contributed by atoms with Gasteiger partial charge in [0.05, 0.1) is 0 Å². The van der Waals surface area contributed by atoms with Gasteiger partial charge in [0.2, 0.25) is 0 Å². The second-order valence-electron chi connectivity index (χ2n) is 8.11. The van der Waals surface area contributed by atoms with Crippen molar-refractivity contribution in [2.24, 2.45) is 17.6 Å². The van der Waals surface area contributed by atoms with Gasteiger partial charge >= 0.3 is 169 Å². The quantitative estimate of drug-likeness (QED) is 0.266. The number of hydrogen-bond donors (Lipinski definition) is 4. The van der Waals surface area contributed by atoms with Crippen molar-refractivity contribution in [1.82, 2.24) is 5.32 Å². The molecule has 1 fully saturated rings. The molecule has 1 saturated carbocycles. The van der Waals surface area contributed by atoms with Crippen LogP contribution in [-0.2, 0) is 14.2 Å². The summed E-state index contributed by atoms with van der Waals surface area (Å²) in [7, 11) is -3.41. The molecule has 1 aliphatic carbocycles. The molecular weight excluding hydrogens is 430 g/mol. The van der Waals surface area contributed by atoms with Crippen molar-refractivity contribution >= 4 is 33.6 Å². The van der Waals surface area contributed by atoms with Crippen LogP contribution in [0.15, 0.2) is 0 Å². The van der Waals surface area contributed by atoms with Crippen LogP contribution in [0.4, 0.5) is 0 Å². The predicted octanol–water partition coefficient (Wildman–Crippen LogP) is 1.07. The number of rotatable bonds is 11. The van der Waals surface area contributed by atoms with E-state index < -0.39 is 40.0 Å². The summed E-state index contributed by atoms with van der Waals surface area (Å²) < 4.78 is 11.9. The summed E-state index contributed by atoms with van der Waals surface area (Å²) in [4.78, 5) is 34.4. The Morgan fingerprint density at radius 2 is 1.81 bits per heavy atom. The van der Waals surface area contributed by atoms with Gasteiger partial charge in [-0.1, -0.05) is 0 Å². The first kappa shape index (κ1) is 24.8. The predicted molar refractivity (Wildman–Crippen MR) is 110 cm³/mol. The average Bonchev–Trinajstić information content (AvgIpc) is 2.58. The Kier molecular flexibility index (Phi) is 10.8. The molecule has 0 aromatic rings. The number of aliphatic hydroxyl groups excluding tert-OH is 1. The maximum absolute atomic E-state index is 12.4. The van der Waals surface area contributed by atoms with Gasteiger partial charge in [0.25, 0.3) is 0 Å². The van der Waals surface area contributed by atoms with E-state index in [2.05, 4.69) is 5.32 Å². The maximum atomic E-state index is 12.4. The molecule has 2 unspecified atom stereocenters. The van der Waals surface area contributed by atoms with Gasteiger partial charge in [-0.25, -0.2) is 0 Å². The van der Waals surface area contributed by atoms with Gasteiger partial charge in [-0.15, -0.1) is 0 Å². The fourth-order valence-electron chi connectivity index (χ4n) is 3.29. The molecule has 1 amide bonds.